The maximum Gasteiger partial charge on any atom is 0.417 e. The Morgan fingerprint density at radius 2 is 0.943 bits per heavy atom. The first-order valence-corrected chi connectivity index (χ1v) is 22.6. The predicted octanol–water partition coefficient (Wildman–Crippen LogP) is 1.46. The molecule has 2 N–H and O–H groups in total. The Kier molecular flexibility index (Phi) is 17.7. The zero-order valence-electron chi connectivity index (χ0n) is 40.1. The lowest BCUT2D eigenvalue weighted by atomic mass is 10.1. The van der Waals surface area contributed by atoms with Crippen LogP contribution in [0.1, 0.15) is 24.0 Å². The maximum atomic E-state index is 12.9. The van der Waals surface area contributed by atoms with Crippen LogP contribution in [0.5, 0.6) is 11.5 Å². The van der Waals surface area contributed by atoms with E-state index >= 15 is 0 Å². The molecule has 0 atom stereocenters. The van der Waals surface area contributed by atoms with Gasteiger partial charge in [0.25, 0.3) is 11.1 Å². The zero-order valence-corrected chi connectivity index (χ0v) is 40.1. The molecule has 0 saturated carbocycles. The Labute approximate surface area is 400 Å². The van der Waals surface area contributed by atoms with Gasteiger partial charge in [0.1, 0.15) is 58.3 Å². The third-order valence-electron chi connectivity index (χ3n) is 11.6. The van der Waals surface area contributed by atoms with Crippen molar-refractivity contribution in [3.8, 4) is 11.5 Å². The molecule has 374 valence electrons. The number of hydrogen-bond acceptors (Lipinski definition) is 18. The van der Waals surface area contributed by atoms with Crippen LogP contribution in [-0.4, -0.2) is 119 Å². The number of benzene rings is 2. The average molecular weight is 971 g/mol. The number of carbonyl (C=O) groups excluding carboxylic acids is 2. The predicted molar refractivity (Wildman–Crippen MR) is 260 cm³/mol. The summed E-state index contributed by atoms with van der Waals surface area (Å²) in [6.45, 7) is 5.98. The van der Waals surface area contributed by atoms with Crippen LogP contribution in [-0.2, 0) is 47.3 Å². The van der Waals surface area contributed by atoms with E-state index in [9.17, 15) is 38.4 Å². The van der Waals surface area contributed by atoms with Crippen LogP contribution >= 0.6 is 0 Å². The highest BCUT2D eigenvalue weighted by molar-refractivity contribution is 6.29. The lowest BCUT2D eigenvalue weighted by Gasteiger charge is -2.23. The lowest BCUT2D eigenvalue weighted by molar-refractivity contribution is -0.168. The second-order valence-electron chi connectivity index (χ2n) is 16.5. The number of aryl methyl sites for hydroxylation is 2. The van der Waals surface area contributed by atoms with Crippen molar-refractivity contribution in [3.05, 3.63) is 134 Å². The summed E-state index contributed by atoms with van der Waals surface area (Å²) < 4.78 is 38.4. The van der Waals surface area contributed by atoms with Gasteiger partial charge in [-0.1, -0.05) is 12.1 Å². The minimum Gasteiger partial charge on any atom is -0.493 e. The second kappa shape index (κ2) is 24.0. The SMILES string of the molecule is Cc1coc2cccc(OCCCN(CCNc3cc(=O)n(C)c(=O)n3C)CCOC(=O)C(=O)OCCN(CCCOc3cccc4occ(C)c(=O)c34)CCNc3cc(=O)n(C)c(=O)n3C)c2c1=O. The van der Waals surface area contributed by atoms with Crippen LogP contribution in [0.3, 0.4) is 0 Å². The summed E-state index contributed by atoms with van der Waals surface area (Å²) in [4.78, 5) is 105. The summed E-state index contributed by atoms with van der Waals surface area (Å²) in [5.74, 6) is -0.975. The largest absolute Gasteiger partial charge is 0.493 e. The molecule has 4 heterocycles. The molecule has 2 aromatic carbocycles. The molecule has 70 heavy (non-hydrogen) atoms. The third-order valence-corrected chi connectivity index (χ3v) is 11.6. The highest BCUT2D eigenvalue weighted by atomic mass is 16.6. The fourth-order valence-electron chi connectivity index (χ4n) is 7.47. The summed E-state index contributed by atoms with van der Waals surface area (Å²) in [5, 5.41) is 6.89. The molecule has 0 amide bonds. The van der Waals surface area contributed by atoms with Gasteiger partial charge in [-0.3, -0.25) is 47.2 Å². The highest BCUT2D eigenvalue weighted by Gasteiger charge is 2.20. The molecule has 0 aliphatic rings. The third kappa shape index (κ3) is 12.9. The number of nitrogens with one attached hydrogen (secondary N) is 2. The van der Waals surface area contributed by atoms with Crippen molar-refractivity contribution in [2.24, 2.45) is 28.2 Å². The van der Waals surface area contributed by atoms with E-state index < -0.39 is 34.4 Å². The molecule has 22 heteroatoms. The Balaban J connectivity index is 1.02. The molecule has 0 bridgehead atoms. The summed E-state index contributed by atoms with van der Waals surface area (Å²) in [6.07, 6.45) is 3.76. The van der Waals surface area contributed by atoms with Gasteiger partial charge >= 0.3 is 23.3 Å². The van der Waals surface area contributed by atoms with Crippen LogP contribution in [0, 0.1) is 13.8 Å². The van der Waals surface area contributed by atoms with E-state index in [-0.39, 0.29) is 50.4 Å². The quantitative estimate of drug-likeness (QED) is 0.0495. The number of anilines is 2. The van der Waals surface area contributed by atoms with E-state index in [1.165, 1.54) is 62.0 Å². The number of nitrogens with zero attached hydrogens (tertiary/aromatic N) is 6. The van der Waals surface area contributed by atoms with Gasteiger partial charge in [-0.05, 0) is 51.0 Å². The number of ether oxygens (including phenoxy) is 4. The fraction of sp³-hybridized carbons (Fsp3) is 0.417. The molecular weight excluding hydrogens is 913 g/mol. The first-order chi connectivity index (χ1) is 33.5. The van der Waals surface area contributed by atoms with Crippen molar-refractivity contribution in [2.75, 3.05) is 89.4 Å². The van der Waals surface area contributed by atoms with E-state index in [1.807, 2.05) is 9.80 Å². The van der Waals surface area contributed by atoms with Gasteiger partial charge < -0.3 is 38.4 Å². The summed E-state index contributed by atoms with van der Waals surface area (Å²) >= 11 is 0. The first-order valence-electron chi connectivity index (χ1n) is 22.6. The van der Waals surface area contributed by atoms with E-state index in [0.717, 1.165) is 9.13 Å². The van der Waals surface area contributed by atoms with Crippen LogP contribution in [0.2, 0.25) is 0 Å². The molecule has 22 nitrogen and oxygen atoms in total. The van der Waals surface area contributed by atoms with Gasteiger partial charge in [-0.25, -0.2) is 19.2 Å². The van der Waals surface area contributed by atoms with Crippen molar-refractivity contribution in [1.82, 2.24) is 28.1 Å². The van der Waals surface area contributed by atoms with Crippen molar-refractivity contribution in [1.29, 1.82) is 0 Å². The molecule has 0 aliphatic carbocycles. The van der Waals surface area contributed by atoms with Crippen LogP contribution in [0.15, 0.2) is 98.7 Å². The molecule has 0 radical (unpaired) electrons. The standard InChI is InChI=1S/C48H58N8O14/c1-31-29-69-35-13-7-11-33(41(35)43(31)59)65-23-9-17-55(19-15-49-37-27-39(57)53(5)47(63)51(37)3)21-25-67-45(61)46(62)68-26-22-56(20-16-50-38-28-40(58)54(6)48(64)52(38)4)18-10-24-66-34-12-8-14-36-42(34)44(60)32(2)30-70-36/h7-8,11-14,27-30,49-50H,9-10,15-26H2,1-6H3. The van der Waals surface area contributed by atoms with Crippen LogP contribution in [0.4, 0.5) is 11.6 Å². The second-order valence-corrected chi connectivity index (χ2v) is 16.5. The van der Waals surface area contributed by atoms with Crippen molar-refractivity contribution in [3.63, 3.8) is 0 Å². The molecular formula is C48H58N8O14. The lowest BCUT2D eigenvalue weighted by Crippen LogP contribution is -2.39. The summed E-state index contributed by atoms with van der Waals surface area (Å²) in [5.41, 5.74) is -0.625. The molecule has 0 aliphatic heterocycles. The monoisotopic (exact) mass is 970 g/mol. The number of hydrogen-bond donors (Lipinski definition) is 2. The van der Waals surface area contributed by atoms with Crippen LogP contribution in [0.25, 0.3) is 21.9 Å². The molecule has 6 rings (SSSR count). The maximum absolute atomic E-state index is 12.9. The van der Waals surface area contributed by atoms with Gasteiger partial charge in [0, 0.05) is 104 Å². The van der Waals surface area contributed by atoms with Gasteiger partial charge in [0.2, 0.25) is 0 Å². The average Bonchev–Trinajstić information content (AvgIpc) is 3.35. The van der Waals surface area contributed by atoms with Crippen molar-refractivity contribution < 1.29 is 37.4 Å². The molecule has 0 spiro atoms. The van der Waals surface area contributed by atoms with Crippen molar-refractivity contribution >= 4 is 45.5 Å². The Hall–Kier alpha value is -7.72. The number of aromatic nitrogens is 4. The van der Waals surface area contributed by atoms with Gasteiger partial charge in [0.05, 0.1) is 25.7 Å². The van der Waals surface area contributed by atoms with E-state index in [1.54, 1.807) is 50.2 Å². The fourth-order valence-corrected chi connectivity index (χ4v) is 7.47. The van der Waals surface area contributed by atoms with Crippen LogP contribution < -0.4 is 53.5 Å². The molecule has 0 unspecified atom stereocenters. The van der Waals surface area contributed by atoms with Gasteiger partial charge in [0.15, 0.2) is 10.9 Å². The van der Waals surface area contributed by atoms with E-state index in [4.69, 9.17) is 27.8 Å². The van der Waals surface area contributed by atoms with Crippen molar-refractivity contribution in [2.45, 2.75) is 26.7 Å². The first kappa shape index (κ1) is 51.7. The summed E-state index contributed by atoms with van der Waals surface area (Å²) in [6, 6.07) is 12.8. The highest BCUT2D eigenvalue weighted by Crippen LogP contribution is 2.24. The van der Waals surface area contributed by atoms with E-state index in [2.05, 4.69) is 10.6 Å². The van der Waals surface area contributed by atoms with E-state index in [0.29, 0.717) is 108 Å². The summed E-state index contributed by atoms with van der Waals surface area (Å²) in [7, 11) is 5.85. The molecule has 6 aromatic rings. The van der Waals surface area contributed by atoms with Gasteiger partial charge in [-0.15, -0.1) is 0 Å². The number of rotatable bonds is 24. The Morgan fingerprint density at radius 3 is 1.34 bits per heavy atom. The minimum absolute atomic E-state index is 0.177. The zero-order chi connectivity index (χ0) is 50.5. The number of carbonyl (C=O) groups is 2. The normalized spacial score (nSPS) is 11.4. The molecule has 4 aromatic heterocycles. The smallest absolute Gasteiger partial charge is 0.417 e. The van der Waals surface area contributed by atoms with Gasteiger partial charge in [-0.2, -0.15) is 0 Å². The molecule has 0 fully saturated rings. The Bertz CT molecular complexity index is 2990. The molecule has 0 saturated heterocycles. The topological polar surface area (TPSA) is 250 Å². The minimum atomic E-state index is -1.19. The number of fused-ring (bicyclic) bond motifs is 2. The number of esters is 2. The Morgan fingerprint density at radius 1 is 0.543 bits per heavy atom.